The van der Waals surface area contributed by atoms with E-state index < -0.39 is 0 Å². The fourth-order valence-electron chi connectivity index (χ4n) is 3.25. The molecule has 1 aliphatic heterocycles. The number of hydrogen-bond donors (Lipinski definition) is 1. The normalized spacial score (nSPS) is 14.9. The van der Waals surface area contributed by atoms with Crippen molar-refractivity contribution in [3.8, 4) is 5.75 Å². The molecule has 0 amide bonds. The van der Waals surface area contributed by atoms with Crippen LogP contribution in [0.4, 0.5) is 10.2 Å². The average Bonchev–Trinajstić information content (AvgIpc) is 2.74. The maximum Gasteiger partial charge on any atom is 0.137 e. The highest BCUT2D eigenvalue weighted by Crippen LogP contribution is 2.23. The van der Waals surface area contributed by atoms with Gasteiger partial charge in [0.15, 0.2) is 0 Å². The van der Waals surface area contributed by atoms with Crippen LogP contribution in [0.1, 0.15) is 5.56 Å². The molecule has 1 fully saturated rings. The number of morpholine rings is 1. The van der Waals surface area contributed by atoms with Crippen LogP contribution in [0.5, 0.6) is 5.75 Å². The Morgan fingerprint density at radius 1 is 1.11 bits per heavy atom. The van der Waals surface area contributed by atoms with E-state index in [2.05, 4.69) is 20.2 Å². The number of nitrogens with zero attached hydrogens (tertiary/aromatic N) is 3. The minimum Gasteiger partial charge on any atom is -0.492 e. The van der Waals surface area contributed by atoms with Gasteiger partial charge in [0.1, 0.15) is 30.3 Å². The first-order valence-electron chi connectivity index (χ1n) is 9.44. The first-order chi connectivity index (χ1) is 13.8. The molecule has 28 heavy (non-hydrogen) atoms. The fourth-order valence-corrected chi connectivity index (χ4v) is 3.25. The Labute approximate surface area is 163 Å². The second kappa shape index (κ2) is 8.95. The molecular weight excluding hydrogens is 359 g/mol. The Balaban J connectivity index is 1.41. The van der Waals surface area contributed by atoms with Gasteiger partial charge in [-0.3, -0.25) is 4.90 Å². The number of hydrogen-bond acceptors (Lipinski definition) is 6. The topological polar surface area (TPSA) is 59.5 Å². The largest absolute Gasteiger partial charge is 0.492 e. The summed E-state index contributed by atoms with van der Waals surface area (Å²) >= 11 is 0. The Morgan fingerprint density at radius 2 is 1.96 bits per heavy atom. The highest BCUT2D eigenvalue weighted by atomic mass is 19.1. The number of halogens is 1. The van der Waals surface area contributed by atoms with E-state index in [-0.39, 0.29) is 5.82 Å². The molecule has 7 heteroatoms. The molecular formula is C21H23FN4O2. The monoisotopic (exact) mass is 382 g/mol. The molecule has 0 aliphatic carbocycles. The molecule has 0 bridgehead atoms. The van der Waals surface area contributed by atoms with Gasteiger partial charge >= 0.3 is 0 Å². The lowest BCUT2D eigenvalue weighted by molar-refractivity contribution is 0.0322. The molecule has 0 radical (unpaired) electrons. The quantitative estimate of drug-likeness (QED) is 0.678. The summed E-state index contributed by atoms with van der Waals surface area (Å²) in [5, 5.41) is 3.95. The molecule has 0 saturated carbocycles. The van der Waals surface area contributed by atoms with Gasteiger partial charge in [0.05, 0.1) is 18.7 Å². The Kier molecular flexibility index (Phi) is 5.94. The summed E-state index contributed by atoms with van der Waals surface area (Å²) in [6.45, 7) is 5.49. The molecule has 4 rings (SSSR count). The van der Waals surface area contributed by atoms with Gasteiger partial charge in [-0.1, -0.05) is 18.2 Å². The van der Waals surface area contributed by atoms with E-state index in [1.54, 1.807) is 6.07 Å². The smallest absolute Gasteiger partial charge is 0.137 e. The third-order valence-corrected chi connectivity index (χ3v) is 4.79. The number of aromatic nitrogens is 2. The number of para-hydroxylation sites is 1. The van der Waals surface area contributed by atoms with Gasteiger partial charge in [0, 0.05) is 37.1 Å². The van der Waals surface area contributed by atoms with E-state index in [4.69, 9.17) is 9.47 Å². The summed E-state index contributed by atoms with van der Waals surface area (Å²) in [7, 11) is 0. The molecule has 1 aromatic heterocycles. The number of ether oxygens (including phenoxy) is 2. The van der Waals surface area contributed by atoms with Crippen LogP contribution in [0.2, 0.25) is 0 Å². The van der Waals surface area contributed by atoms with Crippen molar-refractivity contribution in [1.29, 1.82) is 0 Å². The first kappa shape index (κ1) is 18.6. The molecule has 2 heterocycles. The Hall–Kier alpha value is -2.77. The molecule has 6 nitrogen and oxygen atoms in total. The van der Waals surface area contributed by atoms with Gasteiger partial charge in [-0.25, -0.2) is 14.4 Å². The van der Waals surface area contributed by atoms with Crippen LogP contribution < -0.4 is 10.1 Å². The Bertz CT molecular complexity index is 931. The minimum absolute atomic E-state index is 0.308. The summed E-state index contributed by atoms with van der Waals surface area (Å²) in [4.78, 5) is 10.8. The predicted octanol–water partition coefficient (Wildman–Crippen LogP) is 3.09. The van der Waals surface area contributed by atoms with Crippen molar-refractivity contribution >= 4 is 16.7 Å². The number of rotatable bonds is 7. The minimum atomic E-state index is -0.308. The standard InChI is InChI=1S/C21H23FN4O2/c22-17-5-6-19-18(13-17)21(25-15-24-19)23-14-16-3-1-2-4-20(16)28-12-9-26-7-10-27-11-8-26/h1-6,13,15H,7-12,14H2,(H,23,24,25). The third kappa shape index (κ3) is 4.55. The van der Waals surface area contributed by atoms with Crippen molar-refractivity contribution in [3.05, 3.63) is 60.2 Å². The van der Waals surface area contributed by atoms with Crippen molar-refractivity contribution in [2.45, 2.75) is 6.54 Å². The maximum absolute atomic E-state index is 13.6. The molecule has 1 N–H and O–H groups in total. The van der Waals surface area contributed by atoms with Crippen LogP contribution in [0.3, 0.4) is 0 Å². The zero-order valence-electron chi connectivity index (χ0n) is 15.6. The molecule has 1 aliphatic rings. The average molecular weight is 382 g/mol. The molecule has 0 atom stereocenters. The van der Waals surface area contributed by atoms with E-state index in [9.17, 15) is 4.39 Å². The zero-order valence-corrected chi connectivity index (χ0v) is 15.6. The summed E-state index contributed by atoms with van der Waals surface area (Å²) in [6, 6.07) is 12.4. The number of benzene rings is 2. The van der Waals surface area contributed by atoms with E-state index in [0.717, 1.165) is 44.2 Å². The maximum atomic E-state index is 13.6. The van der Waals surface area contributed by atoms with Gasteiger partial charge in [-0.15, -0.1) is 0 Å². The number of fused-ring (bicyclic) bond motifs is 1. The van der Waals surface area contributed by atoms with Crippen molar-refractivity contribution in [2.75, 3.05) is 44.8 Å². The molecule has 3 aromatic rings. The van der Waals surface area contributed by atoms with E-state index >= 15 is 0 Å². The second-order valence-electron chi connectivity index (χ2n) is 6.65. The highest BCUT2D eigenvalue weighted by molar-refractivity contribution is 5.88. The molecule has 0 unspecified atom stereocenters. The molecule has 146 valence electrons. The lowest BCUT2D eigenvalue weighted by Gasteiger charge is -2.26. The van der Waals surface area contributed by atoms with Crippen LogP contribution in [0, 0.1) is 5.82 Å². The van der Waals surface area contributed by atoms with Crippen LogP contribution in [0.25, 0.3) is 10.9 Å². The van der Waals surface area contributed by atoms with E-state index in [1.807, 2.05) is 24.3 Å². The third-order valence-electron chi connectivity index (χ3n) is 4.79. The van der Waals surface area contributed by atoms with Gasteiger partial charge in [-0.2, -0.15) is 0 Å². The van der Waals surface area contributed by atoms with Crippen molar-refractivity contribution in [3.63, 3.8) is 0 Å². The predicted molar refractivity (Wildman–Crippen MR) is 106 cm³/mol. The van der Waals surface area contributed by atoms with Crippen LogP contribution in [0.15, 0.2) is 48.8 Å². The van der Waals surface area contributed by atoms with Gasteiger partial charge in [-0.05, 0) is 24.3 Å². The summed E-state index contributed by atoms with van der Waals surface area (Å²) in [5.41, 5.74) is 1.72. The zero-order chi connectivity index (χ0) is 19.2. The summed E-state index contributed by atoms with van der Waals surface area (Å²) in [6.07, 6.45) is 1.48. The summed E-state index contributed by atoms with van der Waals surface area (Å²) < 4.78 is 25.0. The second-order valence-corrected chi connectivity index (χ2v) is 6.65. The van der Waals surface area contributed by atoms with Gasteiger partial charge < -0.3 is 14.8 Å². The van der Waals surface area contributed by atoms with Crippen molar-refractivity contribution < 1.29 is 13.9 Å². The fraction of sp³-hybridized carbons (Fsp3) is 0.333. The SMILES string of the molecule is Fc1ccc2ncnc(NCc3ccccc3OCCN3CCOCC3)c2c1. The first-order valence-corrected chi connectivity index (χ1v) is 9.44. The highest BCUT2D eigenvalue weighted by Gasteiger charge is 2.11. The van der Waals surface area contributed by atoms with Gasteiger partial charge in [0.25, 0.3) is 0 Å². The molecule has 1 saturated heterocycles. The van der Waals surface area contributed by atoms with Gasteiger partial charge in [0.2, 0.25) is 0 Å². The van der Waals surface area contributed by atoms with Crippen molar-refractivity contribution in [2.24, 2.45) is 0 Å². The molecule has 2 aromatic carbocycles. The van der Waals surface area contributed by atoms with Crippen molar-refractivity contribution in [1.82, 2.24) is 14.9 Å². The molecule has 0 spiro atoms. The van der Waals surface area contributed by atoms with Crippen LogP contribution in [-0.4, -0.2) is 54.3 Å². The van der Waals surface area contributed by atoms with E-state index in [1.165, 1.54) is 18.5 Å². The Morgan fingerprint density at radius 3 is 2.86 bits per heavy atom. The number of nitrogens with one attached hydrogen (secondary N) is 1. The lowest BCUT2D eigenvalue weighted by atomic mass is 10.2. The van der Waals surface area contributed by atoms with Crippen LogP contribution >= 0.6 is 0 Å². The van der Waals surface area contributed by atoms with E-state index in [0.29, 0.717) is 29.9 Å². The van der Waals surface area contributed by atoms with Crippen LogP contribution in [-0.2, 0) is 11.3 Å². The number of anilines is 1. The summed E-state index contributed by atoms with van der Waals surface area (Å²) in [5.74, 6) is 1.14. The lowest BCUT2D eigenvalue weighted by Crippen LogP contribution is -2.38.